The van der Waals surface area contributed by atoms with Crippen molar-refractivity contribution >= 4 is 12.0 Å². The third kappa shape index (κ3) is 9.95. The molecule has 0 radical (unpaired) electrons. The summed E-state index contributed by atoms with van der Waals surface area (Å²) in [5.41, 5.74) is -0.0893. The molecule has 0 rings (SSSR count). The largest absolute Gasteiger partial charge is 0.481 e. The number of carboxylic acid groups (broad SMARTS) is 1. The first-order valence-corrected chi connectivity index (χ1v) is 6.44. The number of terminal acetylenes is 1. The molecule has 0 saturated heterocycles. The van der Waals surface area contributed by atoms with E-state index in [4.69, 9.17) is 11.5 Å². The van der Waals surface area contributed by atoms with E-state index >= 15 is 0 Å². The Morgan fingerprint density at radius 3 is 2.42 bits per heavy atom. The molecule has 0 bridgehead atoms. The highest BCUT2D eigenvalue weighted by Crippen LogP contribution is 2.24. The Morgan fingerprint density at radius 2 is 1.95 bits per heavy atom. The molecule has 0 aromatic carbocycles. The minimum absolute atomic E-state index is 0.0893. The molecule has 0 aliphatic rings. The van der Waals surface area contributed by atoms with Gasteiger partial charge in [-0.1, -0.05) is 20.8 Å². The fraction of sp³-hybridized carbons (Fsp3) is 0.714. The van der Waals surface area contributed by atoms with Gasteiger partial charge in [-0.15, -0.1) is 12.3 Å². The van der Waals surface area contributed by atoms with Gasteiger partial charge in [0.25, 0.3) is 0 Å². The van der Waals surface area contributed by atoms with Crippen molar-refractivity contribution in [3.63, 3.8) is 0 Å². The van der Waals surface area contributed by atoms with Crippen LogP contribution in [0.4, 0.5) is 4.79 Å². The van der Waals surface area contributed by atoms with Crippen LogP contribution in [-0.4, -0.2) is 30.2 Å². The minimum atomic E-state index is -0.887. The molecule has 1 atom stereocenters. The van der Waals surface area contributed by atoms with E-state index in [1.54, 1.807) is 0 Å². The number of rotatable bonds is 7. The molecule has 19 heavy (non-hydrogen) atoms. The second-order valence-electron chi connectivity index (χ2n) is 5.74. The molecule has 2 amide bonds. The van der Waals surface area contributed by atoms with Crippen LogP contribution in [-0.2, 0) is 4.79 Å². The van der Waals surface area contributed by atoms with E-state index in [9.17, 15) is 9.59 Å². The van der Waals surface area contributed by atoms with Gasteiger partial charge in [0.05, 0.1) is 5.92 Å². The Kier molecular flexibility index (Phi) is 7.66. The van der Waals surface area contributed by atoms with Crippen LogP contribution in [0.15, 0.2) is 0 Å². The Labute approximate surface area is 115 Å². The Bertz CT molecular complexity index is 340. The minimum Gasteiger partial charge on any atom is -0.481 e. The summed E-state index contributed by atoms with van der Waals surface area (Å²) in [5.74, 6) is 1.02. The summed E-state index contributed by atoms with van der Waals surface area (Å²) in [6.45, 7) is 6.55. The van der Waals surface area contributed by atoms with E-state index in [0.29, 0.717) is 25.8 Å². The second-order valence-corrected chi connectivity index (χ2v) is 5.74. The Morgan fingerprint density at radius 1 is 1.32 bits per heavy atom. The van der Waals surface area contributed by atoms with Gasteiger partial charge in [-0.2, -0.15) is 0 Å². The summed E-state index contributed by atoms with van der Waals surface area (Å²) in [5, 5.41) is 14.3. The predicted molar refractivity (Wildman–Crippen MR) is 74.7 cm³/mol. The molecule has 0 aliphatic heterocycles. The number of aliphatic carboxylic acids is 1. The average molecular weight is 268 g/mol. The standard InChI is InChI=1S/C14H24N2O3/c1-5-6-7-8-15-13(19)16-10-11(12(17)18)9-14(2,3)4/h1,11H,6-10H2,2-4H3,(H,17,18)(H2,15,16,19). The van der Waals surface area contributed by atoms with E-state index in [-0.39, 0.29) is 18.0 Å². The molecule has 0 saturated carbocycles. The molecule has 108 valence electrons. The van der Waals surface area contributed by atoms with Gasteiger partial charge in [0.2, 0.25) is 0 Å². The molecular formula is C14H24N2O3. The number of carboxylic acids is 1. The first-order chi connectivity index (χ1) is 8.76. The van der Waals surface area contributed by atoms with Crippen LogP contribution in [0.1, 0.15) is 40.0 Å². The van der Waals surface area contributed by atoms with Gasteiger partial charge in [0.1, 0.15) is 0 Å². The number of nitrogens with one attached hydrogen (secondary N) is 2. The molecule has 0 spiro atoms. The number of hydrogen-bond donors (Lipinski definition) is 3. The van der Waals surface area contributed by atoms with Crippen LogP contribution in [0.3, 0.4) is 0 Å². The molecule has 5 heteroatoms. The summed E-state index contributed by atoms with van der Waals surface area (Å²) in [6.07, 6.45) is 6.94. The van der Waals surface area contributed by atoms with Crippen LogP contribution in [0, 0.1) is 23.7 Å². The third-order valence-electron chi connectivity index (χ3n) is 2.50. The number of amides is 2. The van der Waals surface area contributed by atoms with Crippen LogP contribution >= 0.6 is 0 Å². The lowest BCUT2D eigenvalue weighted by Gasteiger charge is -2.23. The van der Waals surface area contributed by atoms with Crippen LogP contribution in [0.5, 0.6) is 0 Å². The summed E-state index contributed by atoms with van der Waals surface area (Å²) >= 11 is 0. The van der Waals surface area contributed by atoms with Crippen molar-refractivity contribution in [3.05, 3.63) is 0 Å². The highest BCUT2D eigenvalue weighted by molar-refractivity contribution is 5.75. The quantitative estimate of drug-likeness (QED) is 0.487. The zero-order valence-corrected chi connectivity index (χ0v) is 12.0. The molecule has 0 aromatic rings. The first kappa shape index (κ1) is 17.3. The summed E-state index contributed by atoms with van der Waals surface area (Å²) < 4.78 is 0. The molecule has 0 fully saturated rings. The highest BCUT2D eigenvalue weighted by atomic mass is 16.4. The smallest absolute Gasteiger partial charge is 0.314 e. The molecule has 1 unspecified atom stereocenters. The van der Waals surface area contributed by atoms with Gasteiger partial charge in [-0.05, 0) is 18.3 Å². The zero-order valence-electron chi connectivity index (χ0n) is 12.0. The van der Waals surface area contributed by atoms with Crippen LogP contribution < -0.4 is 10.6 Å². The summed E-state index contributed by atoms with van der Waals surface area (Å²) in [7, 11) is 0. The van der Waals surface area contributed by atoms with Crippen LogP contribution in [0.2, 0.25) is 0 Å². The molecule has 5 nitrogen and oxygen atoms in total. The van der Waals surface area contributed by atoms with Crippen molar-refractivity contribution in [2.45, 2.75) is 40.0 Å². The highest BCUT2D eigenvalue weighted by Gasteiger charge is 2.24. The van der Waals surface area contributed by atoms with E-state index in [2.05, 4.69) is 16.6 Å². The topological polar surface area (TPSA) is 78.4 Å². The van der Waals surface area contributed by atoms with E-state index in [0.717, 1.165) is 0 Å². The number of carbonyl (C=O) groups is 2. The van der Waals surface area contributed by atoms with E-state index in [1.807, 2.05) is 20.8 Å². The number of urea groups is 1. The van der Waals surface area contributed by atoms with E-state index < -0.39 is 11.9 Å². The summed E-state index contributed by atoms with van der Waals surface area (Å²) in [4.78, 5) is 22.5. The Hall–Kier alpha value is -1.70. The van der Waals surface area contributed by atoms with Crippen molar-refractivity contribution in [2.75, 3.05) is 13.1 Å². The number of hydrogen-bond acceptors (Lipinski definition) is 2. The first-order valence-electron chi connectivity index (χ1n) is 6.44. The molecule has 0 aliphatic carbocycles. The maximum absolute atomic E-state index is 11.4. The van der Waals surface area contributed by atoms with Crippen molar-refractivity contribution in [1.82, 2.24) is 10.6 Å². The third-order valence-corrected chi connectivity index (χ3v) is 2.50. The normalized spacial score (nSPS) is 12.3. The second kappa shape index (κ2) is 8.41. The van der Waals surface area contributed by atoms with Crippen molar-refractivity contribution in [1.29, 1.82) is 0 Å². The van der Waals surface area contributed by atoms with E-state index in [1.165, 1.54) is 0 Å². The maximum Gasteiger partial charge on any atom is 0.314 e. The molecule has 0 aromatic heterocycles. The fourth-order valence-corrected chi connectivity index (χ4v) is 1.66. The number of unbranched alkanes of at least 4 members (excludes halogenated alkanes) is 1. The van der Waals surface area contributed by atoms with Crippen molar-refractivity contribution < 1.29 is 14.7 Å². The number of carbonyl (C=O) groups excluding carboxylic acids is 1. The van der Waals surface area contributed by atoms with Crippen molar-refractivity contribution in [3.8, 4) is 12.3 Å². The van der Waals surface area contributed by atoms with Gasteiger partial charge < -0.3 is 15.7 Å². The van der Waals surface area contributed by atoms with Gasteiger partial charge in [-0.25, -0.2) is 4.79 Å². The SMILES string of the molecule is C#CCCCNC(=O)NCC(CC(C)(C)C)C(=O)O. The van der Waals surface area contributed by atoms with Gasteiger partial charge in [0, 0.05) is 19.5 Å². The van der Waals surface area contributed by atoms with Gasteiger partial charge in [-0.3, -0.25) is 4.79 Å². The van der Waals surface area contributed by atoms with Gasteiger partial charge in [0.15, 0.2) is 0 Å². The average Bonchev–Trinajstić information content (AvgIpc) is 2.28. The van der Waals surface area contributed by atoms with Gasteiger partial charge >= 0.3 is 12.0 Å². The van der Waals surface area contributed by atoms with Crippen LogP contribution in [0.25, 0.3) is 0 Å². The Balaban J connectivity index is 4.02. The lowest BCUT2D eigenvalue weighted by Crippen LogP contribution is -2.41. The maximum atomic E-state index is 11.4. The molecule has 3 N–H and O–H groups in total. The lowest BCUT2D eigenvalue weighted by atomic mass is 9.84. The monoisotopic (exact) mass is 268 g/mol. The molecule has 0 heterocycles. The zero-order chi connectivity index (χ0) is 14.9. The molecular weight excluding hydrogens is 244 g/mol. The fourth-order valence-electron chi connectivity index (χ4n) is 1.66. The summed E-state index contributed by atoms with van der Waals surface area (Å²) in [6, 6.07) is -0.350. The predicted octanol–water partition coefficient (Wildman–Crippen LogP) is 1.84. The lowest BCUT2D eigenvalue weighted by molar-refractivity contribution is -0.142. The van der Waals surface area contributed by atoms with Crippen molar-refractivity contribution in [2.24, 2.45) is 11.3 Å².